The van der Waals surface area contributed by atoms with E-state index < -0.39 is 10.0 Å². The molecule has 1 aromatic rings. The van der Waals surface area contributed by atoms with Gasteiger partial charge in [-0.3, -0.25) is 9.89 Å². The Morgan fingerprint density at radius 1 is 1.60 bits per heavy atom. The highest BCUT2D eigenvalue weighted by atomic mass is 32.2. The van der Waals surface area contributed by atoms with E-state index in [2.05, 4.69) is 15.5 Å². The van der Waals surface area contributed by atoms with E-state index >= 15 is 0 Å². The average Bonchev–Trinajstić information content (AvgIpc) is 2.84. The van der Waals surface area contributed by atoms with Crippen LogP contribution in [0.3, 0.4) is 0 Å². The number of anilines is 1. The quantitative estimate of drug-likeness (QED) is 0.856. The number of piperidine rings is 1. The molecule has 2 heterocycles. The number of hydrogen-bond acceptors (Lipinski definition) is 4. The van der Waals surface area contributed by atoms with Crippen LogP contribution in [0.5, 0.6) is 0 Å². The van der Waals surface area contributed by atoms with Gasteiger partial charge in [0.25, 0.3) is 0 Å². The topological polar surface area (TPSA) is 95.2 Å². The number of amides is 1. The van der Waals surface area contributed by atoms with E-state index in [4.69, 9.17) is 0 Å². The van der Waals surface area contributed by atoms with Gasteiger partial charge in [0, 0.05) is 24.8 Å². The maximum Gasteiger partial charge on any atom is 0.230 e. The fourth-order valence-electron chi connectivity index (χ4n) is 2.30. The highest BCUT2D eigenvalue weighted by Crippen LogP contribution is 2.21. The number of aromatic amines is 1. The van der Waals surface area contributed by atoms with Crippen LogP contribution in [0.4, 0.5) is 5.82 Å². The first-order valence-electron chi connectivity index (χ1n) is 6.73. The van der Waals surface area contributed by atoms with Crippen LogP contribution in [0.1, 0.15) is 25.5 Å². The SMILES string of the molecule is CCS(=O)(=O)N1CCCC(C(=O)Nc2cc(C)[nH]n2)C1. The van der Waals surface area contributed by atoms with Crippen molar-refractivity contribution in [1.82, 2.24) is 14.5 Å². The minimum absolute atomic E-state index is 0.0693. The third kappa shape index (κ3) is 3.37. The number of carbonyl (C=O) groups is 1. The first kappa shape index (κ1) is 15.0. The first-order chi connectivity index (χ1) is 9.42. The number of nitrogens with one attached hydrogen (secondary N) is 2. The Morgan fingerprint density at radius 2 is 2.35 bits per heavy atom. The molecule has 20 heavy (non-hydrogen) atoms. The van der Waals surface area contributed by atoms with E-state index in [1.165, 1.54) is 4.31 Å². The molecule has 112 valence electrons. The highest BCUT2D eigenvalue weighted by Gasteiger charge is 2.31. The summed E-state index contributed by atoms with van der Waals surface area (Å²) in [4.78, 5) is 12.2. The lowest BCUT2D eigenvalue weighted by Crippen LogP contribution is -2.44. The fourth-order valence-corrected chi connectivity index (χ4v) is 3.48. The lowest BCUT2D eigenvalue weighted by molar-refractivity contribution is -0.120. The molecule has 0 aliphatic carbocycles. The van der Waals surface area contributed by atoms with E-state index in [1.807, 2.05) is 6.92 Å². The average molecular weight is 300 g/mol. The Kier molecular flexibility index (Phi) is 4.44. The van der Waals surface area contributed by atoms with Crippen molar-refractivity contribution in [2.75, 3.05) is 24.2 Å². The molecule has 1 saturated heterocycles. The van der Waals surface area contributed by atoms with Crippen LogP contribution in [0.25, 0.3) is 0 Å². The van der Waals surface area contributed by atoms with Gasteiger partial charge in [-0.05, 0) is 26.7 Å². The normalized spacial score (nSPS) is 20.8. The van der Waals surface area contributed by atoms with Gasteiger partial charge in [-0.1, -0.05) is 0 Å². The van der Waals surface area contributed by atoms with E-state index in [-0.39, 0.29) is 24.1 Å². The number of hydrogen-bond donors (Lipinski definition) is 2. The molecule has 0 saturated carbocycles. The number of aromatic nitrogens is 2. The maximum absolute atomic E-state index is 12.2. The van der Waals surface area contributed by atoms with Crippen molar-refractivity contribution >= 4 is 21.7 Å². The second kappa shape index (κ2) is 5.92. The zero-order valence-corrected chi connectivity index (χ0v) is 12.5. The monoisotopic (exact) mass is 300 g/mol. The third-order valence-electron chi connectivity index (χ3n) is 3.47. The van der Waals surface area contributed by atoms with Gasteiger partial charge in [-0.25, -0.2) is 12.7 Å². The van der Waals surface area contributed by atoms with E-state index in [0.717, 1.165) is 5.69 Å². The Labute approximate surface area is 118 Å². The summed E-state index contributed by atoms with van der Waals surface area (Å²) < 4.78 is 25.1. The van der Waals surface area contributed by atoms with Crippen LogP contribution >= 0.6 is 0 Å². The molecule has 1 atom stereocenters. The number of aryl methyl sites for hydroxylation is 1. The predicted octanol–water partition coefficient (Wildman–Crippen LogP) is 0.718. The smallest absolute Gasteiger partial charge is 0.230 e. The van der Waals surface area contributed by atoms with E-state index in [0.29, 0.717) is 25.2 Å². The van der Waals surface area contributed by atoms with Gasteiger partial charge < -0.3 is 5.32 Å². The molecule has 0 aromatic carbocycles. The summed E-state index contributed by atoms with van der Waals surface area (Å²) in [5.41, 5.74) is 0.860. The summed E-state index contributed by atoms with van der Waals surface area (Å²) >= 11 is 0. The minimum atomic E-state index is -3.22. The largest absolute Gasteiger partial charge is 0.309 e. The van der Waals surface area contributed by atoms with Crippen LogP contribution in [0.15, 0.2) is 6.07 Å². The van der Waals surface area contributed by atoms with Crippen molar-refractivity contribution in [2.45, 2.75) is 26.7 Å². The predicted molar refractivity (Wildman–Crippen MR) is 75.7 cm³/mol. The van der Waals surface area contributed by atoms with Crippen molar-refractivity contribution < 1.29 is 13.2 Å². The van der Waals surface area contributed by atoms with Crippen LogP contribution in [-0.4, -0.2) is 47.7 Å². The number of sulfonamides is 1. The Hall–Kier alpha value is -1.41. The standard InChI is InChI=1S/C12H20N4O3S/c1-3-20(18,19)16-6-4-5-10(8-16)12(17)13-11-7-9(2)14-15-11/h7,10H,3-6,8H2,1-2H3,(H2,13,14,15,17). The van der Waals surface area contributed by atoms with E-state index in [1.54, 1.807) is 13.0 Å². The summed E-state index contributed by atoms with van der Waals surface area (Å²) in [5.74, 6) is 0.0532. The second-order valence-corrected chi connectivity index (χ2v) is 7.28. The summed E-state index contributed by atoms with van der Waals surface area (Å²) in [6, 6.07) is 1.74. The summed E-state index contributed by atoms with van der Waals surface area (Å²) in [5, 5.41) is 9.41. The second-order valence-electron chi connectivity index (χ2n) is 5.02. The lowest BCUT2D eigenvalue weighted by Gasteiger charge is -2.30. The van der Waals surface area contributed by atoms with Crippen LogP contribution in [-0.2, 0) is 14.8 Å². The maximum atomic E-state index is 12.2. The minimum Gasteiger partial charge on any atom is -0.309 e. The Balaban J connectivity index is 2.00. The van der Waals surface area contributed by atoms with Gasteiger partial charge in [-0.15, -0.1) is 0 Å². The van der Waals surface area contributed by atoms with Gasteiger partial charge in [0.15, 0.2) is 5.82 Å². The molecule has 0 bridgehead atoms. The first-order valence-corrected chi connectivity index (χ1v) is 8.34. The molecule has 2 N–H and O–H groups in total. The molecule has 1 amide bonds. The number of rotatable bonds is 4. The zero-order valence-electron chi connectivity index (χ0n) is 11.7. The molecule has 0 radical (unpaired) electrons. The molecule has 1 aliphatic rings. The molecule has 2 rings (SSSR count). The molecule has 1 aliphatic heterocycles. The molecule has 7 nitrogen and oxygen atoms in total. The fraction of sp³-hybridized carbons (Fsp3) is 0.667. The Bertz CT molecular complexity index is 581. The summed E-state index contributed by atoms with van der Waals surface area (Å²) in [6.07, 6.45) is 1.40. The number of H-pyrrole nitrogens is 1. The van der Waals surface area contributed by atoms with Crippen molar-refractivity contribution in [2.24, 2.45) is 5.92 Å². The van der Waals surface area contributed by atoms with Crippen molar-refractivity contribution in [3.8, 4) is 0 Å². The molecule has 1 aromatic heterocycles. The lowest BCUT2D eigenvalue weighted by atomic mass is 9.99. The summed E-state index contributed by atoms with van der Waals surface area (Å²) in [7, 11) is -3.22. The molecule has 1 unspecified atom stereocenters. The molecule has 1 fully saturated rings. The van der Waals surface area contributed by atoms with Crippen molar-refractivity contribution in [3.63, 3.8) is 0 Å². The van der Waals surface area contributed by atoms with Crippen molar-refractivity contribution in [3.05, 3.63) is 11.8 Å². The molecular weight excluding hydrogens is 280 g/mol. The Morgan fingerprint density at radius 3 is 2.95 bits per heavy atom. The van der Waals surface area contributed by atoms with Gasteiger partial charge in [-0.2, -0.15) is 5.10 Å². The highest BCUT2D eigenvalue weighted by molar-refractivity contribution is 7.89. The van der Waals surface area contributed by atoms with Crippen LogP contribution in [0, 0.1) is 12.8 Å². The number of carbonyl (C=O) groups excluding carboxylic acids is 1. The third-order valence-corrected chi connectivity index (χ3v) is 5.32. The van der Waals surface area contributed by atoms with E-state index in [9.17, 15) is 13.2 Å². The van der Waals surface area contributed by atoms with Gasteiger partial charge in [0.05, 0.1) is 11.7 Å². The van der Waals surface area contributed by atoms with Crippen molar-refractivity contribution in [1.29, 1.82) is 0 Å². The van der Waals surface area contributed by atoms with Crippen LogP contribution in [0.2, 0.25) is 0 Å². The van der Waals surface area contributed by atoms with Gasteiger partial charge >= 0.3 is 0 Å². The summed E-state index contributed by atoms with van der Waals surface area (Å²) in [6.45, 7) is 4.22. The molecular formula is C12H20N4O3S. The van der Waals surface area contributed by atoms with Gasteiger partial charge in [0.1, 0.15) is 0 Å². The number of nitrogens with zero attached hydrogens (tertiary/aromatic N) is 2. The van der Waals surface area contributed by atoms with Crippen LogP contribution < -0.4 is 5.32 Å². The molecule has 0 spiro atoms. The molecule has 8 heteroatoms. The van der Waals surface area contributed by atoms with Gasteiger partial charge in [0.2, 0.25) is 15.9 Å². The zero-order chi connectivity index (χ0) is 14.8.